The van der Waals surface area contributed by atoms with Crippen LogP contribution in [0.4, 0.5) is 4.39 Å². The van der Waals surface area contributed by atoms with Crippen LogP contribution in [0.25, 0.3) is 11.8 Å². The number of benzene rings is 2. The van der Waals surface area contributed by atoms with Gasteiger partial charge in [-0.25, -0.2) is 22.2 Å². The molecule has 0 bridgehead atoms. The molecule has 3 aromatic rings. The molecule has 5 nitrogen and oxygen atoms in total. The van der Waals surface area contributed by atoms with Gasteiger partial charge in [0.05, 0.1) is 11.9 Å². The number of hydrogen-bond donors (Lipinski definition) is 1. The van der Waals surface area contributed by atoms with Crippen molar-refractivity contribution in [2.24, 2.45) is 0 Å². The maximum atomic E-state index is 13.1. The first-order valence-corrected chi connectivity index (χ1v) is 9.96. The van der Waals surface area contributed by atoms with Gasteiger partial charge in [-0.3, -0.25) is 0 Å². The van der Waals surface area contributed by atoms with E-state index >= 15 is 0 Å². The van der Waals surface area contributed by atoms with E-state index in [1.54, 1.807) is 36.0 Å². The van der Waals surface area contributed by atoms with Crippen molar-refractivity contribution in [3.05, 3.63) is 88.8 Å². The summed E-state index contributed by atoms with van der Waals surface area (Å²) in [6, 6.07) is 14.7. The minimum absolute atomic E-state index is 0.324. The van der Waals surface area contributed by atoms with Gasteiger partial charge in [0, 0.05) is 22.7 Å². The summed E-state index contributed by atoms with van der Waals surface area (Å²) in [5, 5.41) is 5.45. The summed E-state index contributed by atoms with van der Waals surface area (Å²) in [5.41, 5.74) is 3.04. The lowest BCUT2D eigenvalue weighted by atomic mass is 10.1. The van der Waals surface area contributed by atoms with Crippen molar-refractivity contribution in [1.82, 2.24) is 14.5 Å². The quantitative estimate of drug-likeness (QED) is 0.698. The predicted octanol–water partition coefficient (Wildman–Crippen LogP) is 3.97. The van der Waals surface area contributed by atoms with Gasteiger partial charge in [-0.05, 0) is 49.8 Å². The summed E-state index contributed by atoms with van der Waals surface area (Å²) in [6.07, 6.45) is 3.16. The fraction of sp³-hybridized carbons (Fsp3) is 0.150. The molecule has 140 valence electrons. The number of nitrogens with zero attached hydrogens (tertiary/aromatic N) is 2. The van der Waals surface area contributed by atoms with Gasteiger partial charge in [-0.2, -0.15) is 5.10 Å². The van der Waals surface area contributed by atoms with Gasteiger partial charge in [0.15, 0.2) is 0 Å². The van der Waals surface area contributed by atoms with Crippen LogP contribution in [0.1, 0.15) is 29.8 Å². The lowest BCUT2D eigenvalue weighted by Gasteiger charge is -2.13. The molecule has 1 atom stereocenters. The number of hydrogen-bond acceptors (Lipinski definition) is 3. The normalized spacial score (nSPS) is 13.1. The highest BCUT2D eigenvalue weighted by Crippen LogP contribution is 2.21. The highest BCUT2D eigenvalue weighted by Gasteiger charge is 2.18. The fourth-order valence-corrected chi connectivity index (χ4v) is 3.81. The summed E-state index contributed by atoms with van der Waals surface area (Å²) in [4.78, 5) is 0. The summed E-state index contributed by atoms with van der Waals surface area (Å²) in [7, 11) is -3.62. The minimum Gasteiger partial charge on any atom is -0.238 e. The maximum Gasteiger partial charge on any atom is 0.234 e. The Hall–Kier alpha value is -2.77. The van der Waals surface area contributed by atoms with Gasteiger partial charge in [-0.1, -0.05) is 30.3 Å². The minimum atomic E-state index is -3.62. The highest BCUT2D eigenvalue weighted by atomic mass is 32.2. The molecule has 1 aromatic heterocycles. The third-order valence-corrected chi connectivity index (χ3v) is 5.34. The fourth-order valence-electron chi connectivity index (χ4n) is 2.77. The Labute approximate surface area is 158 Å². The zero-order valence-corrected chi connectivity index (χ0v) is 15.8. The van der Waals surface area contributed by atoms with Crippen LogP contribution in [0, 0.1) is 12.7 Å². The van der Waals surface area contributed by atoms with Crippen molar-refractivity contribution in [2.45, 2.75) is 19.9 Å². The molecule has 1 N–H and O–H groups in total. The Balaban J connectivity index is 1.77. The van der Waals surface area contributed by atoms with Crippen LogP contribution in [0.3, 0.4) is 0 Å². The maximum absolute atomic E-state index is 13.1. The number of rotatable bonds is 6. The number of aromatic nitrogens is 2. The molecular weight excluding hydrogens is 365 g/mol. The molecule has 0 saturated heterocycles. The van der Waals surface area contributed by atoms with Gasteiger partial charge in [0.25, 0.3) is 0 Å². The van der Waals surface area contributed by atoms with E-state index in [9.17, 15) is 12.8 Å². The van der Waals surface area contributed by atoms with Crippen LogP contribution in [-0.4, -0.2) is 18.2 Å². The first-order valence-electron chi connectivity index (χ1n) is 8.41. The smallest absolute Gasteiger partial charge is 0.234 e. The van der Waals surface area contributed by atoms with Gasteiger partial charge < -0.3 is 0 Å². The van der Waals surface area contributed by atoms with Crippen LogP contribution in [-0.2, 0) is 10.0 Å². The van der Waals surface area contributed by atoms with Crippen LogP contribution < -0.4 is 4.72 Å². The second kappa shape index (κ2) is 7.85. The zero-order valence-electron chi connectivity index (χ0n) is 15.0. The van der Waals surface area contributed by atoms with Crippen LogP contribution in [0.2, 0.25) is 0 Å². The molecule has 3 rings (SSSR count). The first-order chi connectivity index (χ1) is 12.9. The molecular formula is C20H20FN3O2S. The van der Waals surface area contributed by atoms with Gasteiger partial charge in [-0.15, -0.1) is 0 Å². The molecule has 0 aliphatic carbocycles. The van der Waals surface area contributed by atoms with Gasteiger partial charge >= 0.3 is 0 Å². The molecule has 0 saturated carbocycles. The zero-order chi connectivity index (χ0) is 19.4. The molecule has 2 aromatic carbocycles. The molecule has 0 spiro atoms. The summed E-state index contributed by atoms with van der Waals surface area (Å²) < 4.78 is 42.1. The topological polar surface area (TPSA) is 64.0 Å². The van der Waals surface area contributed by atoms with E-state index in [2.05, 4.69) is 9.82 Å². The standard InChI is InChI=1S/C20H20FN3O2S/c1-15(23-27(25,26)13-12-17-6-4-3-5-7-17)20-14-22-24(16(20)2)19-10-8-18(21)9-11-19/h3-15,23H,1-2H3/b13-12+. The molecule has 0 amide bonds. The Morgan fingerprint density at radius 1 is 1.11 bits per heavy atom. The lowest BCUT2D eigenvalue weighted by molar-refractivity contribution is 0.576. The number of halogens is 1. The largest absolute Gasteiger partial charge is 0.238 e. The Morgan fingerprint density at radius 3 is 2.44 bits per heavy atom. The van der Waals surface area contributed by atoms with E-state index in [-0.39, 0.29) is 5.82 Å². The highest BCUT2D eigenvalue weighted by molar-refractivity contribution is 7.92. The summed E-state index contributed by atoms with van der Waals surface area (Å²) in [6.45, 7) is 3.60. The third-order valence-electron chi connectivity index (χ3n) is 4.17. The van der Waals surface area contributed by atoms with Crippen LogP contribution in [0.5, 0.6) is 0 Å². The molecule has 1 unspecified atom stereocenters. The molecule has 0 fully saturated rings. The second-order valence-corrected chi connectivity index (χ2v) is 7.77. The monoisotopic (exact) mass is 385 g/mol. The van der Waals surface area contributed by atoms with Crippen molar-refractivity contribution in [1.29, 1.82) is 0 Å². The molecule has 0 radical (unpaired) electrons. The van der Waals surface area contributed by atoms with Crippen molar-refractivity contribution in [2.75, 3.05) is 0 Å². The Kier molecular flexibility index (Phi) is 5.53. The number of nitrogens with one attached hydrogen (secondary N) is 1. The van der Waals surface area contributed by atoms with E-state index in [1.807, 2.05) is 37.3 Å². The van der Waals surface area contributed by atoms with Crippen LogP contribution in [0.15, 0.2) is 66.2 Å². The van der Waals surface area contributed by atoms with Crippen molar-refractivity contribution in [3.8, 4) is 5.69 Å². The molecule has 27 heavy (non-hydrogen) atoms. The van der Waals surface area contributed by atoms with Gasteiger partial charge in [0.2, 0.25) is 10.0 Å². The molecule has 0 aliphatic heterocycles. The summed E-state index contributed by atoms with van der Waals surface area (Å²) >= 11 is 0. The number of sulfonamides is 1. The molecule has 0 aliphatic rings. The average molecular weight is 385 g/mol. The van der Waals surface area contributed by atoms with Crippen molar-refractivity contribution >= 4 is 16.1 Å². The SMILES string of the molecule is Cc1c(C(C)NS(=O)(=O)/C=C/c2ccccc2)cnn1-c1ccc(F)cc1. The summed E-state index contributed by atoms with van der Waals surface area (Å²) in [5.74, 6) is -0.324. The van der Waals surface area contributed by atoms with E-state index in [4.69, 9.17) is 0 Å². The van der Waals surface area contributed by atoms with E-state index in [0.29, 0.717) is 5.69 Å². The lowest BCUT2D eigenvalue weighted by Crippen LogP contribution is -2.25. The predicted molar refractivity (Wildman–Crippen MR) is 104 cm³/mol. The second-order valence-electron chi connectivity index (χ2n) is 6.17. The van der Waals surface area contributed by atoms with E-state index in [0.717, 1.165) is 22.2 Å². The first kappa shape index (κ1) is 19.0. The van der Waals surface area contributed by atoms with Crippen LogP contribution >= 0.6 is 0 Å². The molecule has 7 heteroatoms. The van der Waals surface area contributed by atoms with Gasteiger partial charge in [0.1, 0.15) is 5.82 Å². The van der Waals surface area contributed by atoms with Crippen molar-refractivity contribution < 1.29 is 12.8 Å². The Morgan fingerprint density at radius 2 is 1.78 bits per heavy atom. The van der Waals surface area contributed by atoms with E-state index < -0.39 is 16.1 Å². The molecule has 1 heterocycles. The van der Waals surface area contributed by atoms with E-state index in [1.165, 1.54) is 12.1 Å². The van der Waals surface area contributed by atoms with Crippen molar-refractivity contribution in [3.63, 3.8) is 0 Å². The Bertz CT molecular complexity index is 1040. The average Bonchev–Trinajstić information content (AvgIpc) is 3.03. The third kappa shape index (κ3) is 4.69.